The lowest BCUT2D eigenvalue weighted by atomic mass is 10.1. The number of Topliss-reactive ketones (excluding diaryl/α,β-unsaturated/α-hetero) is 1. The van der Waals surface area contributed by atoms with E-state index in [1.165, 1.54) is 15.1 Å². The second kappa shape index (κ2) is 2.65. The van der Waals surface area contributed by atoms with Crippen LogP contribution in [0.5, 0.6) is 0 Å². The highest BCUT2D eigenvalue weighted by atomic mass is 32.1. The third-order valence-corrected chi connectivity index (χ3v) is 4.37. The van der Waals surface area contributed by atoms with Gasteiger partial charge in [0, 0.05) is 21.0 Å². The summed E-state index contributed by atoms with van der Waals surface area (Å²) in [5, 5.41) is 0. The molecule has 0 N–H and O–H groups in total. The Morgan fingerprint density at radius 3 is 2.83 bits per heavy atom. The summed E-state index contributed by atoms with van der Waals surface area (Å²) >= 11 is 1.75. The van der Waals surface area contributed by atoms with Crippen molar-refractivity contribution >= 4 is 31.0 Å². The zero-order valence-corrected chi connectivity index (χ0v) is 9.15. The van der Waals surface area contributed by atoms with Gasteiger partial charge in [0.15, 0.2) is 5.78 Å². The Labute approximate surface area is 78.4 Å². The number of carbonyl (C=O) groups is 1. The highest BCUT2D eigenvalue weighted by Crippen LogP contribution is 2.33. The fourth-order valence-corrected chi connectivity index (χ4v) is 3.46. The molecular formula is C9H11OPS. The molecule has 1 nitrogen and oxygen atoms in total. The average Bonchev–Trinajstić information content (AvgIpc) is 2.40. The van der Waals surface area contributed by atoms with Gasteiger partial charge in [0.05, 0.1) is 0 Å². The van der Waals surface area contributed by atoms with Crippen LogP contribution in [0, 0.1) is 12.8 Å². The molecule has 0 aromatic carbocycles. The van der Waals surface area contributed by atoms with Gasteiger partial charge in [0.2, 0.25) is 0 Å². The van der Waals surface area contributed by atoms with E-state index in [4.69, 9.17) is 0 Å². The van der Waals surface area contributed by atoms with Crippen molar-refractivity contribution in [3.63, 3.8) is 0 Å². The van der Waals surface area contributed by atoms with Gasteiger partial charge in [-0.05, 0) is 18.9 Å². The second-order valence-electron chi connectivity index (χ2n) is 3.36. The van der Waals surface area contributed by atoms with Crippen molar-refractivity contribution in [2.24, 2.45) is 5.92 Å². The van der Waals surface area contributed by atoms with Gasteiger partial charge in [-0.2, -0.15) is 0 Å². The van der Waals surface area contributed by atoms with E-state index in [0.29, 0.717) is 5.78 Å². The molecule has 2 rings (SSSR count). The predicted octanol–water partition coefficient (Wildman–Crippen LogP) is 1.93. The molecule has 1 heterocycles. The maximum atomic E-state index is 11.6. The molecule has 0 bridgehead atoms. The van der Waals surface area contributed by atoms with Gasteiger partial charge >= 0.3 is 0 Å². The Hall–Kier alpha value is -0.200. The van der Waals surface area contributed by atoms with E-state index in [-0.39, 0.29) is 5.92 Å². The maximum Gasteiger partial charge on any atom is 0.167 e. The van der Waals surface area contributed by atoms with Crippen molar-refractivity contribution in [1.29, 1.82) is 0 Å². The first-order valence-corrected chi connectivity index (χ1v) is 5.42. The molecule has 2 atom stereocenters. The summed E-state index contributed by atoms with van der Waals surface area (Å²) in [6, 6.07) is 0. The maximum absolute atomic E-state index is 11.6. The first-order valence-electron chi connectivity index (χ1n) is 4.03. The Morgan fingerprint density at radius 1 is 1.58 bits per heavy atom. The monoisotopic (exact) mass is 198 g/mol. The van der Waals surface area contributed by atoms with Gasteiger partial charge in [0.25, 0.3) is 0 Å². The molecule has 12 heavy (non-hydrogen) atoms. The molecule has 0 spiro atoms. The van der Waals surface area contributed by atoms with Gasteiger partial charge < -0.3 is 0 Å². The predicted molar refractivity (Wildman–Crippen MR) is 55.6 cm³/mol. The van der Waals surface area contributed by atoms with E-state index < -0.39 is 0 Å². The fourth-order valence-electron chi connectivity index (χ4n) is 1.68. The van der Waals surface area contributed by atoms with Gasteiger partial charge in [-0.25, -0.2) is 0 Å². The van der Waals surface area contributed by atoms with E-state index in [2.05, 4.69) is 9.24 Å². The summed E-state index contributed by atoms with van der Waals surface area (Å²) in [4.78, 5) is 12.9. The lowest BCUT2D eigenvalue weighted by Crippen LogP contribution is -2.06. The zero-order chi connectivity index (χ0) is 8.88. The van der Waals surface area contributed by atoms with Crippen LogP contribution in [0.15, 0.2) is 0 Å². The van der Waals surface area contributed by atoms with Crippen LogP contribution in [-0.4, -0.2) is 5.78 Å². The largest absolute Gasteiger partial charge is 0.294 e. The Bertz CT molecular complexity index is 354. The molecule has 1 aromatic heterocycles. The smallest absolute Gasteiger partial charge is 0.167 e. The quantitative estimate of drug-likeness (QED) is 0.582. The molecule has 1 aromatic rings. The van der Waals surface area contributed by atoms with Crippen LogP contribution in [-0.2, 0) is 6.42 Å². The van der Waals surface area contributed by atoms with Crippen LogP contribution in [0.2, 0.25) is 0 Å². The summed E-state index contributed by atoms with van der Waals surface area (Å²) in [7, 11) is 2.70. The lowest BCUT2D eigenvalue weighted by molar-refractivity contribution is 0.0946. The molecule has 0 radical (unpaired) electrons. The van der Waals surface area contributed by atoms with Crippen molar-refractivity contribution in [2.75, 3.05) is 0 Å². The number of hydrogen-bond donors (Lipinski definition) is 0. The molecule has 1 aliphatic carbocycles. The number of rotatable bonds is 0. The fraction of sp³-hybridized carbons (Fsp3) is 0.444. The second-order valence-corrected chi connectivity index (χ2v) is 5.49. The van der Waals surface area contributed by atoms with Crippen molar-refractivity contribution in [1.82, 2.24) is 0 Å². The van der Waals surface area contributed by atoms with Crippen LogP contribution in [0.25, 0.3) is 0 Å². The molecule has 0 fully saturated rings. The highest BCUT2D eigenvalue weighted by molar-refractivity contribution is 7.43. The van der Waals surface area contributed by atoms with Gasteiger partial charge in [-0.15, -0.1) is 11.3 Å². The minimum absolute atomic E-state index is 0.218. The van der Waals surface area contributed by atoms with Crippen LogP contribution in [0.4, 0.5) is 0 Å². The molecule has 0 saturated carbocycles. The van der Waals surface area contributed by atoms with Crippen LogP contribution in [0.3, 0.4) is 0 Å². The normalized spacial score (nSPS) is 21.6. The summed E-state index contributed by atoms with van der Waals surface area (Å²) < 4.78 is 1.22. The van der Waals surface area contributed by atoms with Crippen molar-refractivity contribution in [3.8, 4) is 0 Å². The first kappa shape index (κ1) is 8.40. The molecule has 2 unspecified atom stereocenters. The van der Waals surface area contributed by atoms with Gasteiger partial charge in [-0.3, -0.25) is 4.79 Å². The zero-order valence-electron chi connectivity index (χ0n) is 7.18. The van der Waals surface area contributed by atoms with E-state index in [0.717, 1.165) is 12.0 Å². The minimum Gasteiger partial charge on any atom is -0.294 e. The molecule has 1 aliphatic rings. The van der Waals surface area contributed by atoms with E-state index >= 15 is 0 Å². The lowest BCUT2D eigenvalue weighted by Gasteiger charge is -1.98. The summed E-state index contributed by atoms with van der Waals surface area (Å²) in [5.41, 5.74) is 2.19. The molecule has 3 heteroatoms. The third kappa shape index (κ3) is 0.982. The Balaban J connectivity index is 2.61. The Morgan fingerprint density at radius 2 is 2.25 bits per heavy atom. The average molecular weight is 198 g/mol. The van der Waals surface area contributed by atoms with Crippen LogP contribution in [0.1, 0.15) is 27.7 Å². The summed E-state index contributed by atoms with van der Waals surface area (Å²) in [5.74, 6) is 0.558. The molecule has 0 saturated heterocycles. The third-order valence-electron chi connectivity index (χ3n) is 2.44. The number of thiophene rings is 1. The topological polar surface area (TPSA) is 17.1 Å². The standard InChI is InChI=1S/C9H11OPS/c1-4-3-6-7(8(4)10)5(2)9(11)12-6/h4H,3,11H2,1-2H3. The molecular weight excluding hydrogens is 187 g/mol. The summed E-state index contributed by atoms with van der Waals surface area (Å²) in [6.45, 7) is 4.05. The molecule has 64 valence electrons. The molecule has 0 aliphatic heterocycles. The van der Waals surface area contributed by atoms with Crippen molar-refractivity contribution in [3.05, 3.63) is 16.0 Å². The first-order chi connectivity index (χ1) is 5.61. The number of ketones is 1. The summed E-state index contributed by atoms with van der Waals surface area (Å²) in [6.07, 6.45) is 0.952. The van der Waals surface area contributed by atoms with Gasteiger partial charge in [-0.1, -0.05) is 16.2 Å². The van der Waals surface area contributed by atoms with Crippen LogP contribution >= 0.6 is 20.6 Å². The van der Waals surface area contributed by atoms with Crippen molar-refractivity contribution in [2.45, 2.75) is 20.3 Å². The van der Waals surface area contributed by atoms with Crippen molar-refractivity contribution < 1.29 is 4.79 Å². The van der Waals surface area contributed by atoms with E-state index in [9.17, 15) is 4.79 Å². The number of fused-ring (bicyclic) bond motifs is 1. The number of carbonyl (C=O) groups excluding carboxylic acids is 1. The van der Waals surface area contributed by atoms with E-state index in [1.807, 2.05) is 13.8 Å². The van der Waals surface area contributed by atoms with Gasteiger partial charge in [0.1, 0.15) is 0 Å². The Kier molecular flexibility index (Phi) is 1.85. The SMILES string of the molecule is Cc1c(P)sc2c1C(=O)C(C)C2. The highest BCUT2D eigenvalue weighted by Gasteiger charge is 2.31. The minimum atomic E-state index is 0.218. The van der Waals surface area contributed by atoms with Crippen LogP contribution < -0.4 is 4.62 Å². The van der Waals surface area contributed by atoms with E-state index in [1.54, 1.807) is 11.3 Å². The number of hydrogen-bond acceptors (Lipinski definition) is 2. The molecule has 0 amide bonds.